The molecule has 0 radical (unpaired) electrons. The Bertz CT molecular complexity index is 933. The highest BCUT2D eigenvalue weighted by atomic mass is 35.5. The zero-order valence-corrected chi connectivity index (χ0v) is 14.4. The van der Waals surface area contributed by atoms with E-state index in [1.54, 1.807) is 30.5 Å². The number of halogens is 2. The smallest absolute Gasteiger partial charge is 0.187 e. The third-order valence-electron chi connectivity index (χ3n) is 3.69. The fourth-order valence-corrected chi connectivity index (χ4v) is 2.46. The summed E-state index contributed by atoms with van der Waals surface area (Å²) in [7, 11) is 0. The molecule has 1 aromatic carbocycles. The number of carbonyl (C=O) groups is 1. The number of pyridine rings is 1. The van der Waals surface area contributed by atoms with Crippen molar-refractivity contribution in [3.8, 4) is 0 Å². The molecule has 132 valence electrons. The number of hydrogen-bond donors (Lipinski definition) is 2. The maximum absolute atomic E-state index is 14.1. The van der Waals surface area contributed by atoms with Crippen molar-refractivity contribution in [1.82, 2.24) is 15.0 Å². The van der Waals surface area contributed by atoms with Gasteiger partial charge >= 0.3 is 0 Å². The van der Waals surface area contributed by atoms with Crippen molar-refractivity contribution in [1.29, 1.82) is 0 Å². The number of nitrogens with one attached hydrogen (secondary N) is 1. The first kappa shape index (κ1) is 17.8. The maximum atomic E-state index is 14.1. The van der Waals surface area contributed by atoms with Crippen LogP contribution >= 0.6 is 11.6 Å². The fourth-order valence-electron chi connectivity index (χ4n) is 2.36. The quantitative estimate of drug-likeness (QED) is 0.646. The molecule has 0 aliphatic heterocycles. The summed E-state index contributed by atoms with van der Waals surface area (Å²) < 4.78 is 14.1. The molecular formula is C18H15ClFN5O. The number of nitrogens with two attached hydrogens (primary N) is 1. The highest BCUT2D eigenvalue weighted by Crippen LogP contribution is 2.18. The number of carbonyl (C=O) groups excluding carboxylic acids is 1. The van der Waals surface area contributed by atoms with Crippen LogP contribution < -0.4 is 11.1 Å². The molecule has 6 nitrogen and oxygen atoms in total. The average molecular weight is 372 g/mol. The first-order valence-corrected chi connectivity index (χ1v) is 8.13. The van der Waals surface area contributed by atoms with Gasteiger partial charge in [0.1, 0.15) is 22.5 Å². The number of Topliss-reactive ketones (excluding diaryl/α,β-unsaturated/α-hetero) is 1. The predicted octanol–water partition coefficient (Wildman–Crippen LogP) is 3.28. The average Bonchev–Trinajstić information content (AvgIpc) is 2.64. The lowest BCUT2D eigenvalue weighted by atomic mass is 10.0. The van der Waals surface area contributed by atoms with Crippen LogP contribution in [0.2, 0.25) is 5.15 Å². The van der Waals surface area contributed by atoms with E-state index in [4.69, 9.17) is 17.3 Å². The van der Waals surface area contributed by atoms with Crippen LogP contribution in [0.1, 0.15) is 21.6 Å². The number of ketones is 1. The number of benzene rings is 1. The van der Waals surface area contributed by atoms with E-state index in [0.717, 1.165) is 0 Å². The lowest BCUT2D eigenvalue weighted by Crippen LogP contribution is -2.09. The predicted molar refractivity (Wildman–Crippen MR) is 97.5 cm³/mol. The Kier molecular flexibility index (Phi) is 5.38. The molecule has 0 spiro atoms. The zero-order valence-electron chi connectivity index (χ0n) is 13.6. The minimum atomic E-state index is -0.373. The van der Waals surface area contributed by atoms with Crippen molar-refractivity contribution in [3.63, 3.8) is 0 Å². The van der Waals surface area contributed by atoms with E-state index in [2.05, 4.69) is 20.3 Å². The number of nitrogens with zero attached hydrogens (tertiary/aromatic N) is 3. The Morgan fingerprint density at radius 3 is 2.77 bits per heavy atom. The maximum Gasteiger partial charge on any atom is 0.187 e. The van der Waals surface area contributed by atoms with Gasteiger partial charge in [0.2, 0.25) is 0 Å². The second kappa shape index (κ2) is 7.88. The van der Waals surface area contributed by atoms with Gasteiger partial charge in [0, 0.05) is 24.7 Å². The van der Waals surface area contributed by atoms with Gasteiger partial charge in [-0.05, 0) is 23.8 Å². The van der Waals surface area contributed by atoms with Crippen LogP contribution in [0.15, 0.2) is 48.9 Å². The van der Waals surface area contributed by atoms with Gasteiger partial charge < -0.3 is 11.1 Å². The summed E-state index contributed by atoms with van der Waals surface area (Å²) in [6.07, 6.45) is 4.29. The van der Waals surface area contributed by atoms with Crippen LogP contribution in [0.3, 0.4) is 0 Å². The second-order valence-electron chi connectivity index (χ2n) is 5.54. The van der Waals surface area contributed by atoms with E-state index in [9.17, 15) is 9.18 Å². The molecule has 0 unspecified atom stereocenters. The van der Waals surface area contributed by atoms with Crippen LogP contribution in [-0.2, 0) is 13.0 Å². The number of nitrogen functional groups attached to an aromatic ring is 1. The Morgan fingerprint density at radius 2 is 2.04 bits per heavy atom. The Labute approximate surface area is 154 Å². The molecule has 8 heteroatoms. The Morgan fingerprint density at radius 1 is 1.19 bits per heavy atom. The molecule has 0 saturated carbocycles. The second-order valence-corrected chi connectivity index (χ2v) is 5.93. The van der Waals surface area contributed by atoms with Crippen molar-refractivity contribution in [2.75, 3.05) is 11.1 Å². The van der Waals surface area contributed by atoms with Crippen LogP contribution in [-0.4, -0.2) is 20.7 Å². The van der Waals surface area contributed by atoms with E-state index >= 15 is 0 Å². The van der Waals surface area contributed by atoms with Gasteiger partial charge in [-0.3, -0.25) is 4.79 Å². The largest absolute Gasteiger partial charge is 0.382 e. The SMILES string of the molecule is Nc1ncccc1NCc1cc(CC(=O)c2cnc(Cl)cn2)ccc1F. The topological polar surface area (TPSA) is 93.8 Å². The first-order chi connectivity index (χ1) is 12.5. The van der Waals surface area contributed by atoms with Crippen molar-refractivity contribution < 1.29 is 9.18 Å². The number of hydrogen-bond acceptors (Lipinski definition) is 6. The molecule has 0 aliphatic carbocycles. The highest BCUT2D eigenvalue weighted by Gasteiger charge is 2.12. The molecule has 0 fully saturated rings. The van der Waals surface area contributed by atoms with Crippen LogP contribution in [0.4, 0.5) is 15.9 Å². The third-order valence-corrected chi connectivity index (χ3v) is 3.88. The van der Waals surface area contributed by atoms with Gasteiger partial charge in [-0.15, -0.1) is 0 Å². The lowest BCUT2D eigenvalue weighted by molar-refractivity contribution is 0.0988. The molecule has 0 aliphatic rings. The summed E-state index contributed by atoms with van der Waals surface area (Å²) in [6.45, 7) is 0.213. The zero-order chi connectivity index (χ0) is 18.5. The van der Waals surface area contributed by atoms with E-state index in [0.29, 0.717) is 22.6 Å². The first-order valence-electron chi connectivity index (χ1n) is 7.75. The van der Waals surface area contributed by atoms with Gasteiger partial charge in [0.05, 0.1) is 18.1 Å². The third kappa shape index (κ3) is 4.31. The summed E-state index contributed by atoms with van der Waals surface area (Å²) in [4.78, 5) is 24.0. The Balaban J connectivity index is 1.72. The highest BCUT2D eigenvalue weighted by molar-refractivity contribution is 6.29. The molecular weight excluding hydrogens is 357 g/mol. The van der Waals surface area contributed by atoms with Crippen LogP contribution in [0.5, 0.6) is 0 Å². The number of aromatic nitrogens is 3. The van der Waals surface area contributed by atoms with E-state index in [-0.39, 0.29) is 35.4 Å². The van der Waals surface area contributed by atoms with Crippen LogP contribution in [0.25, 0.3) is 0 Å². The van der Waals surface area contributed by atoms with E-state index < -0.39 is 0 Å². The van der Waals surface area contributed by atoms with Crippen molar-refractivity contribution in [2.24, 2.45) is 0 Å². The molecule has 0 saturated heterocycles. The molecule has 3 aromatic rings. The monoisotopic (exact) mass is 371 g/mol. The molecule has 3 rings (SSSR count). The molecule has 0 amide bonds. The van der Waals surface area contributed by atoms with Crippen LogP contribution in [0, 0.1) is 5.82 Å². The molecule has 0 atom stereocenters. The van der Waals surface area contributed by atoms with Gasteiger partial charge in [-0.1, -0.05) is 23.7 Å². The van der Waals surface area contributed by atoms with Crippen molar-refractivity contribution >= 4 is 28.9 Å². The summed E-state index contributed by atoms with van der Waals surface area (Å²) in [5, 5.41) is 3.25. The van der Waals surface area contributed by atoms with Gasteiger partial charge in [-0.2, -0.15) is 0 Å². The number of anilines is 2. The minimum Gasteiger partial charge on any atom is -0.382 e. The van der Waals surface area contributed by atoms with E-state index in [1.807, 2.05) is 0 Å². The molecule has 26 heavy (non-hydrogen) atoms. The molecule has 2 heterocycles. The molecule has 3 N–H and O–H groups in total. The fraction of sp³-hybridized carbons (Fsp3) is 0.111. The number of rotatable bonds is 6. The minimum absolute atomic E-state index is 0.0820. The van der Waals surface area contributed by atoms with Gasteiger partial charge in [0.15, 0.2) is 5.78 Å². The Hall–Kier alpha value is -3.06. The molecule has 0 bridgehead atoms. The lowest BCUT2D eigenvalue weighted by Gasteiger charge is -2.10. The van der Waals surface area contributed by atoms with Gasteiger partial charge in [-0.25, -0.2) is 19.3 Å². The summed E-state index contributed by atoms with van der Waals surface area (Å²) in [6, 6.07) is 8.03. The summed E-state index contributed by atoms with van der Waals surface area (Å²) in [5.41, 5.74) is 7.67. The van der Waals surface area contributed by atoms with E-state index in [1.165, 1.54) is 18.5 Å². The van der Waals surface area contributed by atoms with Gasteiger partial charge in [0.25, 0.3) is 0 Å². The standard InChI is InChI=1S/C18H15ClFN5O/c19-17-10-24-15(9-25-17)16(26)7-11-3-4-13(20)12(6-11)8-23-14-2-1-5-22-18(14)21/h1-6,9-10,23H,7-8H2,(H2,21,22). The van der Waals surface area contributed by atoms with Crippen molar-refractivity contribution in [2.45, 2.75) is 13.0 Å². The normalized spacial score (nSPS) is 10.5. The summed E-state index contributed by atoms with van der Waals surface area (Å²) >= 11 is 5.66. The molecule has 2 aromatic heterocycles. The summed E-state index contributed by atoms with van der Waals surface area (Å²) in [5.74, 6) is -0.265. The van der Waals surface area contributed by atoms with Crippen molar-refractivity contribution in [3.05, 3.63) is 76.7 Å².